The average molecular weight is 270 g/mol. The van der Waals surface area contributed by atoms with Crippen LogP contribution in [0.15, 0.2) is 12.2 Å². The lowest BCUT2D eigenvalue weighted by molar-refractivity contribution is -0.154. The lowest BCUT2D eigenvalue weighted by Crippen LogP contribution is -2.22. The molecule has 0 rings (SSSR count). The summed E-state index contributed by atoms with van der Waals surface area (Å²) in [7, 11) is 0. The smallest absolute Gasteiger partial charge is 0.313 e. The molecule has 1 atom stereocenters. The molecule has 0 spiro atoms. The molecular formula is C15H26O4. The van der Waals surface area contributed by atoms with E-state index in [0.29, 0.717) is 0 Å². The molecular weight excluding hydrogens is 244 g/mol. The van der Waals surface area contributed by atoms with E-state index in [4.69, 9.17) is 9.84 Å². The Balaban J connectivity index is 4.22. The van der Waals surface area contributed by atoms with Gasteiger partial charge in [0.15, 0.2) is 0 Å². The standard InChI is InChI=1S/C15H26O4/c1-4-5-6-7-8-9-10-13(11-14(16)17)15(18)19-12(2)3/h9-10,12-13H,4-8,11H2,1-3H3,(H,16,17)/b10-9+. The Kier molecular flexibility index (Phi) is 9.85. The van der Waals surface area contributed by atoms with E-state index in [9.17, 15) is 9.59 Å². The third kappa shape index (κ3) is 10.3. The maximum Gasteiger partial charge on any atom is 0.313 e. The van der Waals surface area contributed by atoms with Crippen molar-refractivity contribution in [2.75, 3.05) is 0 Å². The zero-order chi connectivity index (χ0) is 14.7. The number of hydrogen-bond donors (Lipinski definition) is 1. The maximum absolute atomic E-state index is 11.7. The molecule has 0 aliphatic carbocycles. The van der Waals surface area contributed by atoms with Crippen LogP contribution in [0.25, 0.3) is 0 Å². The van der Waals surface area contributed by atoms with Gasteiger partial charge in [-0.2, -0.15) is 0 Å². The van der Waals surface area contributed by atoms with Crippen LogP contribution in [0.2, 0.25) is 0 Å². The summed E-state index contributed by atoms with van der Waals surface area (Å²) in [4.78, 5) is 22.5. The molecule has 110 valence electrons. The molecule has 1 N–H and O–H groups in total. The average Bonchev–Trinajstić information content (AvgIpc) is 2.30. The summed E-state index contributed by atoms with van der Waals surface area (Å²) >= 11 is 0. The molecule has 0 aromatic carbocycles. The fourth-order valence-electron chi connectivity index (χ4n) is 1.69. The first-order chi connectivity index (χ1) is 8.97. The van der Waals surface area contributed by atoms with Crippen molar-refractivity contribution in [3.63, 3.8) is 0 Å². The third-order valence-electron chi connectivity index (χ3n) is 2.64. The van der Waals surface area contributed by atoms with Crippen molar-refractivity contribution in [1.29, 1.82) is 0 Å². The molecule has 0 aliphatic rings. The Hall–Kier alpha value is -1.32. The molecule has 0 amide bonds. The van der Waals surface area contributed by atoms with Gasteiger partial charge in [-0.3, -0.25) is 9.59 Å². The summed E-state index contributed by atoms with van der Waals surface area (Å²) in [5.74, 6) is -2.12. The molecule has 0 bridgehead atoms. The predicted molar refractivity (Wildman–Crippen MR) is 74.9 cm³/mol. The number of unbranched alkanes of at least 4 members (excludes halogenated alkanes) is 4. The first-order valence-corrected chi connectivity index (χ1v) is 7.06. The van der Waals surface area contributed by atoms with Gasteiger partial charge in [0, 0.05) is 0 Å². The molecule has 1 unspecified atom stereocenters. The highest BCUT2D eigenvalue weighted by molar-refractivity contribution is 5.80. The molecule has 0 heterocycles. The van der Waals surface area contributed by atoms with E-state index in [-0.39, 0.29) is 12.5 Å². The Morgan fingerprint density at radius 2 is 1.89 bits per heavy atom. The largest absolute Gasteiger partial charge is 0.481 e. The number of esters is 1. The minimum absolute atomic E-state index is 0.211. The van der Waals surface area contributed by atoms with Gasteiger partial charge < -0.3 is 9.84 Å². The topological polar surface area (TPSA) is 63.6 Å². The third-order valence-corrected chi connectivity index (χ3v) is 2.64. The summed E-state index contributed by atoms with van der Waals surface area (Å²) in [6.45, 7) is 5.66. The van der Waals surface area contributed by atoms with Gasteiger partial charge in [-0.25, -0.2) is 0 Å². The first kappa shape index (κ1) is 17.7. The van der Waals surface area contributed by atoms with Gasteiger partial charge in [-0.15, -0.1) is 0 Å². The van der Waals surface area contributed by atoms with Crippen LogP contribution in [0.5, 0.6) is 0 Å². The van der Waals surface area contributed by atoms with Crippen LogP contribution in [0.1, 0.15) is 59.3 Å². The molecule has 0 aromatic rings. The van der Waals surface area contributed by atoms with Crippen LogP contribution < -0.4 is 0 Å². The summed E-state index contributed by atoms with van der Waals surface area (Å²) in [5, 5.41) is 8.80. The van der Waals surface area contributed by atoms with Crippen LogP contribution in [0.3, 0.4) is 0 Å². The lowest BCUT2D eigenvalue weighted by atomic mass is 10.0. The van der Waals surface area contributed by atoms with Crippen molar-refractivity contribution in [2.24, 2.45) is 5.92 Å². The Morgan fingerprint density at radius 3 is 2.42 bits per heavy atom. The number of carbonyl (C=O) groups excluding carboxylic acids is 1. The number of hydrogen-bond acceptors (Lipinski definition) is 3. The van der Waals surface area contributed by atoms with Crippen LogP contribution >= 0.6 is 0 Å². The fraction of sp³-hybridized carbons (Fsp3) is 0.733. The quantitative estimate of drug-likeness (QED) is 0.374. The fourth-order valence-corrected chi connectivity index (χ4v) is 1.69. The van der Waals surface area contributed by atoms with Crippen LogP contribution in [0, 0.1) is 5.92 Å². The maximum atomic E-state index is 11.7. The van der Waals surface area contributed by atoms with Crippen molar-refractivity contribution in [3.05, 3.63) is 12.2 Å². The van der Waals surface area contributed by atoms with Gasteiger partial charge in [0.05, 0.1) is 18.4 Å². The van der Waals surface area contributed by atoms with Crippen molar-refractivity contribution in [1.82, 2.24) is 0 Å². The highest BCUT2D eigenvalue weighted by atomic mass is 16.5. The Labute approximate surface area is 115 Å². The van der Waals surface area contributed by atoms with E-state index in [1.807, 2.05) is 6.08 Å². The monoisotopic (exact) mass is 270 g/mol. The highest BCUT2D eigenvalue weighted by Crippen LogP contribution is 2.11. The molecule has 4 heteroatoms. The number of carboxylic acid groups (broad SMARTS) is 1. The molecule has 0 fully saturated rings. The zero-order valence-corrected chi connectivity index (χ0v) is 12.2. The highest BCUT2D eigenvalue weighted by Gasteiger charge is 2.21. The Morgan fingerprint density at radius 1 is 1.21 bits per heavy atom. The molecule has 0 aromatic heterocycles. The van der Waals surface area contributed by atoms with Crippen molar-refractivity contribution >= 4 is 11.9 Å². The molecule has 0 saturated heterocycles. The summed E-state index contributed by atoms with van der Waals surface area (Å²) in [5.41, 5.74) is 0. The van der Waals surface area contributed by atoms with Gasteiger partial charge in [0.1, 0.15) is 0 Å². The molecule has 19 heavy (non-hydrogen) atoms. The van der Waals surface area contributed by atoms with E-state index in [1.54, 1.807) is 19.9 Å². The van der Waals surface area contributed by atoms with Gasteiger partial charge in [0.2, 0.25) is 0 Å². The predicted octanol–water partition coefficient (Wildman–Crippen LogP) is 3.56. The van der Waals surface area contributed by atoms with E-state index in [1.165, 1.54) is 19.3 Å². The van der Waals surface area contributed by atoms with Crippen molar-refractivity contribution in [3.8, 4) is 0 Å². The zero-order valence-electron chi connectivity index (χ0n) is 12.2. The number of allylic oxidation sites excluding steroid dienone is 1. The van der Waals surface area contributed by atoms with Crippen molar-refractivity contribution < 1.29 is 19.4 Å². The lowest BCUT2D eigenvalue weighted by Gasteiger charge is -2.13. The summed E-state index contributed by atoms with van der Waals surface area (Å²) in [6.07, 6.45) is 8.65. The molecule has 0 aliphatic heterocycles. The van der Waals surface area contributed by atoms with E-state index < -0.39 is 17.9 Å². The van der Waals surface area contributed by atoms with Crippen LogP contribution in [0.4, 0.5) is 0 Å². The normalized spacial score (nSPS) is 12.8. The van der Waals surface area contributed by atoms with Crippen molar-refractivity contribution in [2.45, 2.75) is 65.4 Å². The minimum atomic E-state index is -0.985. The number of carboxylic acids is 1. The number of aliphatic carboxylic acids is 1. The van der Waals surface area contributed by atoms with Gasteiger partial charge in [-0.1, -0.05) is 38.3 Å². The van der Waals surface area contributed by atoms with Gasteiger partial charge in [0.25, 0.3) is 0 Å². The number of ether oxygens (including phenoxy) is 1. The molecule has 0 saturated carbocycles. The van der Waals surface area contributed by atoms with Crippen LogP contribution in [-0.2, 0) is 14.3 Å². The second-order valence-electron chi connectivity index (χ2n) is 4.97. The van der Waals surface area contributed by atoms with Gasteiger partial charge >= 0.3 is 11.9 Å². The Bertz CT molecular complexity index is 295. The van der Waals surface area contributed by atoms with E-state index >= 15 is 0 Å². The minimum Gasteiger partial charge on any atom is -0.481 e. The summed E-state index contributed by atoms with van der Waals surface area (Å²) < 4.78 is 5.06. The second-order valence-corrected chi connectivity index (χ2v) is 4.97. The number of carbonyl (C=O) groups is 2. The summed E-state index contributed by atoms with van der Waals surface area (Å²) in [6, 6.07) is 0. The van der Waals surface area contributed by atoms with Crippen LogP contribution in [-0.4, -0.2) is 23.1 Å². The first-order valence-electron chi connectivity index (χ1n) is 7.06. The van der Waals surface area contributed by atoms with Gasteiger partial charge in [-0.05, 0) is 26.7 Å². The molecule has 4 nitrogen and oxygen atoms in total. The second kappa shape index (κ2) is 10.6. The number of rotatable bonds is 10. The molecule has 0 radical (unpaired) electrons. The van der Waals surface area contributed by atoms with E-state index in [0.717, 1.165) is 12.8 Å². The van der Waals surface area contributed by atoms with E-state index in [2.05, 4.69) is 6.92 Å². The SMILES string of the molecule is CCCCCC/C=C/C(CC(=O)O)C(=O)OC(C)C.